The number of furan rings is 1. The number of aryl methyl sites for hydroxylation is 2. The van der Waals surface area contributed by atoms with Crippen molar-refractivity contribution in [2.45, 2.75) is 32.9 Å². The molecule has 0 amide bonds. The maximum absolute atomic E-state index is 6.46. The van der Waals surface area contributed by atoms with Crippen molar-refractivity contribution in [1.29, 1.82) is 0 Å². The summed E-state index contributed by atoms with van der Waals surface area (Å²) in [6.45, 7) is 6.82. The summed E-state index contributed by atoms with van der Waals surface area (Å²) in [7, 11) is 0. The molecule has 0 saturated carbocycles. The number of aromatic nitrogens is 1. The Kier molecular flexibility index (Phi) is 6.07. The number of thiocarbonyl (C=S) groups is 1. The molecule has 2 atom stereocenters. The van der Waals surface area contributed by atoms with Gasteiger partial charge >= 0.3 is 0 Å². The molecule has 4 aromatic rings. The van der Waals surface area contributed by atoms with E-state index in [1.54, 1.807) is 0 Å². The summed E-state index contributed by atoms with van der Waals surface area (Å²) in [5.74, 6) is 2.47. The van der Waals surface area contributed by atoms with Gasteiger partial charge in [-0.05, 0) is 105 Å². The molecule has 1 aliphatic rings. The van der Waals surface area contributed by atoms with Crippen LogP contribution in [0.3, 0.4) is 0 Å². The molecule has 0 spiro atoms. The van der Waals surface area contributed by atoms with E-state index >= 15 is 0 Å². The van der Waals surface area contributed by atoms with Crippen LogP contribution in [0.25, 0.3) is 11.3 Å². The molecule has 0 bridgehead atoms. The Bertz CT molecular complexity index is 1280. The van der Waals surface area contributed by atoms with Crippen LogP contribution in [0, 0.1) is 13.8 Å². The minimum atomic E-state index is -0.181. The highest BCUT2D eigenvalue weighted by molar-refractivity contribution is 7.80. The van der Waals surface area contributed by atoms with E-state index in [2.05, 4.69) is 47.2 Å². The molecule has 2 unspecified atom stereocenters. The van der Waals surface area contributed by atoms with E-state index in [1.807, 2.05) is 67.7 Å². The molecule has 1 aliphatic heterocycles. The summed E-state index contributed by atoms with van der Waals surface area (Å²) < 4.78 is 12.0. The monoisotopic (exact) mass is 469 g/mol. The molecule has 3 heterocycles. The number of benzene rings is 2. The Labute approximate surface area is 205 Å². The van der Waals surface area contributed by atoms with Gasteiger partial charge in [0.2, 0.25) is 0 Å². The van der Waals surface area contributed by atoms with Gasteiger partial charge in [0.05, 0.1) is 18.3 Å². The lowest BCUT2D eigenvalue weighted by molar-refractivity contribution is 0.340. The van der Waals surface area contributed by atoms with Crippen LogP contribution in [0.1, 0.15) is 41.6 Å². The average Bonchev–Trinajstić information content (AvgIpc) is 3.44. The molecule has 1 N–H and O–H groups in total. The van der Waals surface area contributed by atoms with Crippen molar-refractivity contribution in [2.75, 3.05) is 11.5 Å². The molecular weight excluding hydrogens is 442 g/mol. The smallest absolute Gasteiger partial charge is 0.174 e. The van der Waals surface area contributed by atoms with Crippen molar-refractivity contribution < 1.29 is 9.15 Å². The number of nitrogens with one attached hydrogen (secondary N) is 1. The maximum atomic E-state index is 6.46. The van der Waals surface area contributed by atoms with Crippen molar-refractivity contribution in [3.63, 3.8) is 0 Å². The first-order chi connectivity index (χ1) is 16.5. The van der Waals surface area contributed by atoms with Gasteiger partial charge < -0.3 is 19.4 Å². The number of ether oxygens (including phenoxy) is 1. The highest BCUT2D eigenvalue weighted by Gasteiger charge is 2.42. The van der Waals surface area contributed by atoms with Crippen LogP contribution < -0.4 is 15.0 Å². The Balaban J connectivity index is 1.56. The molecule has 1 fully saturated rings. The summed E-state index contributed by atoms with van der Waals surface area (Å²) in [6, 6.07) is 24.1. The van der Waals surface area contributed by atoms with Crippen molar-refractivity contribution >= 4 is 23.0 Å². The van der Waals surface area contributed by atoms with Crippen LogP contribution in [0.2, 0.25) is 0 Å². The van der Waals surface area contributed by atoms with Gasteiger partial charge in [-0.15, -0.1) is 0 Å². The third-order valence-electron chi connectivity index (χ3n) is 5.95. The molecular formula is C28H27N3O2S. The highest BCUT2D eigenvalue weighted by Crippen LogP contribution is 2.43. The van der Waals surface area contributed by atoms with E-state index < -0.39 is 0 Å². The van der Waals surface area contributed by atoms with E-state index in [-0.39, 0.29) is 12.1 Å². The van der Waals surface area contributed by atoms with Gasteiger partial charge in [-0.1, -0.05) is 12.1 Å². The highest BCUT2D eigenvalue weighted by atomic mass is 32.1. The molecule has 34 heavy (non-hydrogen) atoms. The van der Waals surface area contributed by atoms with E-state index in [1.165, 1.54) is 11.1 Å². The minimum Gasteiger partial charge on any atom is -0.494 e. The number of rotatable bonds is 6. The standard InChI is InChI=1S/C28H27N3O2S/c1-4-32-22-10-8-20(9-11-22)24-12-13-25(33-24)27-26(23-7-5-6-14-29-23)30-28(34)31(27)21-16-18(2)15-19(3)17-21/h5-17,26-27H,4H2,1-3H3,(H,30,34). The SMILES string of the molecule is CCOc1ccc(-c2ccc(C3C(c4ccccn4)NC(=S)N3c3cc(C)cc(C)c3)o2)cc1. The predicted octanol–water partition coefficient (Wildman–Crippen LogP) is 6.53. The van der Waals surface area contributed by atoms with E-state index in [0.717, 1.165) is 34.2 Å². The molecule has 2 aromatic carbocycles. The molecule has 0 aliphatic carbocycles. The maximum Gasteiger partial charge on any atom is 0.174 e. The normalized spacial score (nSPS) is 17.6. The second-order valence-electron chi connectivity index (χ2n) is 8.50. The number of hydrogen-bond acceptors (Lipinski definition) is 4. The fraction of sp³-hybridized carbons (Fsp3) is 0.214. The van der Waals surface area contributed by atoms with Crippen LogP contribution in [0.4, 0.5) is 5.69 Å². The number of pyridine rings is 1. The van der Waals surface area contributed by atoms with Gasteiger partial charge in [0.1, 0.15) is 23.3 Å². The third kappa shape index (κ3) is 4.29. The predicted molar refractivity (Wildman–Crippen MR) is 139 cm³/mol. The van der Waals surface area contributed by atoms with E-state index in [4.69, 9.17) is 21.4 Å². The topological polar surface area (TPSA) is 50.5 Å². The molecule has 5 rings (SSSR count). The molecule has 6 heteroatoms. The summed E-state index contributed by atoms with van der Waals surface area (Å²) in [4.78, 5) is 6.77. The van der Waals surface area contributed by atoms with Crippen molar-refractivity contribution in [1.82, 2.24) is 10.3 Å². The second-order valence-corrected chi connectivity index (χ2v) is 8.89. The van der Waals surface area contributed by atoms with Crippen LogP contribution >= 0.6 is 12.2 Å². The molecule has 0 radical (unpaired) electrons. The van der Waals surface area contributed by atoms with Crippen molar-refractivity contribution in [2.24, 2.45) is 0 Å². The Morgan fingerprint density at radius 1 is 1.00 bits per heavy atom. The summed E-state index contributed by atoms with van der Waals surface area (Å²) in [5, 5.41) is 4.15. The second kappa shape index (κ2) is 9.31. The van der Waals surface area contributed by atoms with Gasteiger partial charge in [0.25, 0.3) is 0 Å². The Morgan fingerprint density at radius 3 is 2.44 bits per heavy atom. The van der Waals surface area contributed by atoms with E-state index in [9.17, 15) is 0 Å². The minimum absolute atomic E-state index is 0.145. The van der Waals surface area contributed by atoms with Crippen molar-refractivity contribution in [3.05, 3.63) is 102 Å². The average molecular weight is 470 g/mol. The van der Waals surface area contributed by atoms with Crippen LogP contribution in [-0.2, 0) is 0 Å². The Hall–Kier alpha value is -3.64. The Morgan fingerprint density at radius 2 is 1.76 bits per heavy atom. The summed E-state index contributed by atoms with van der Waals surface area (Å²) in [5.41, 5.74) is 5.33. The number of anilines is 1. The third-order valence-corrected chi connectivity index (χ3v) is 6.27. The molecule has 172 valence electrons. The van der Waals surface area contributed by atoms with Gasteiger partial charge in [0.15, 0.2) is 5.11 Å². The van der Waals surface area contributed by atoms with Crippen LogP contribution in [0.15, 0.2) is 83.4 Å². The first kappa shape index (κ1) is 22.2. The largest absolute Gasteiger partial charge is 0.494 e. The number of hydrogen-bond donors (Lipinski definition) is 1. The lowest BCUT2D eigenvalue weighted by atomic mass is 10.0. The fourth-order valence-electron chi connectivity index (χ4n) is 4.56. The fourth-order valence-corrected chi connectivity index (χ4v) is 4.91. The zero-order valence-corrected chi connectivity index (χ0v) is 20.3. The molecule has 2 aromatic heterocycles. The van der Waals surface area contributed by atoms with Gasteiger partial charge in [-0.3, -0.25) is 4.98 Å². The van der Waals surface area contributed by atoms with Gasteiger partial charge in [0, 0.05) is 17.4 Å². The van der Waals surface area contributed by atoms with Gasteiger partial charge in [-0.25, -0.2) is 0 Å². The summed E-state index contributed by atoms with van der Waals surface area (Å²) in [6.07, 6.45) is 1.81. The van der Waals surface area contributed by atoms with E-state index in [0.29, 0.717) is 11.7 Å². The zero-order valence-electron chi connectivity index (χ0n) is 19.5. The first-order valence-corrected chi connectivity index (χ1v) is 11.9. The van der Waals surface area contributed by atoms with Gasteiger partial charge in [-0.2, -0.15) is 0 Å². The zero-order chi connectivity index (χ0) is 23.7. The lowest BCUT2D eigenvalue weighted by Gasteiger charge is -2.26. The van der Waals surface area contributed by atoms with Crippen molar-refractivity contribution in [3.8, 4) is 17.1 Å². The molecule has 1 saturated heterocycles. The molecule has 5 nitrogen and oxygen atoms in total. The quantitative estimate of drug-likeness (QED) is 0.324. The van der Waals surface area contributed by atoms with Crippen LogP contribution in [0.5, 0.6) is 5.75 Å². The number of nitrogens with zero attached hydrogens (tertiary/aromatic N) is 2. The summed E-state index contributed by atoms with van der Waals surface area (Å²) >= 11 is 5.83. The van der Waals surface area contributed by atoms with Crippen LogP contribution in [-0.4, -0.2) is 16.7 Å². The first-order valence-electron chi connectivity index (χ1n) is 11.5. The lowest BCUT2D eigenvalue weighted by Crippen LogP contribution is -2.29.